The molecule has 1 atom stereocenters. The van der Waals surface area contributed by atoms with Gasteiger partial charge in [-0.05, 0) is 31.0 Å². The van der Waals surface area contributed by atoms with Crippen LogP contribution in [-0.4, -0.2) is 43.7 Å². The molecule has 1 saturated heterocycles. The number of halogens is 1. The SMILES string of the molecule is CCOC(=O)C(CC)(c1cccc(Br)c1)N1CCNCC1. The average Bonchev–Trinajstić information content (AvgIpc) is 2.50. The standard InChI is InChI=1S/C16H23BrN2O2/c1-3-16(15(20)21-4-2,19-10-8-18-9-11-19)13-6-5-7-14(17)12-13/h5-7,12,18H,3-4,8-11H2,1-2H3. The molecular formula is C16H23BrN2O2. The number of hydrogen-bond acceptors (Lipinski definition) is 4. The van der Waals surface area contributed by atoms with Crippen LogP contribution < -0.4 is 5.32 Å². The highest BCUT2D eigenvalue weighted by atomic mass is 79.9. The molecule has 1 aromatic carbocycles. The number of carbonyl (C=O) groups is 1. The minimum Gasteiger partial charge on any atom is -0.464 e. The largest absolute Gasteiger partial charge is 0.464 e. The van der Waals surface area contributed by atoms with E-state index in [0.29, 0.717) is 13.0 Å². The minimum absolute atomic E-state index is 0.146. The number of piperazine rings is 1. The lowest BCUT2D eigenvalue weighted by Crippen LogP contribution is -2.58. The number of rotatable bonds is 5. The molecule has 1 fully saturated rings. The summed E-state index contributed by atoms with van der Waals surface area (Å²) in [6.45, 7) is 7.81. The van der Waals surface area contributed by atoms with Crippen LogP contribution in [0.25, 0.3) is 0 Å². The van der Waals surface area contributed by atoms with Crippen LogP contribution in [0.3, 0.4) is 0 Å². The summed E-state index contributed by atoms with van der Waals surface area (Å²) >= 11 is 3.51. The van der Waals surface area contributed by atoms with E-state index in [0.717, 1.165) is 36.2 Å². The van der Waals surface area contributed by atoms with Crippen molar-refractivity contribution < 1.29 is 9.53 Å². The maximum atomic E-state index is 12.8. The fourth-order valence-electron chi connectivity index (χ4n) is 3.04. The molecule has 0 saturated carbocycles. The third-order valence-electron chi connectivity index (χ3n) is 4.08. The molecule has 0 bridgehead atoms. The summed E-state index contributed by atoms with van der Waals surface area (Å²) in [5, 5.41) is 3.34. The first-order chi connectivity index (χ1) is 10.1. The first-order valence-electron chi connectivity index (χ1n) is 7.54. The maximum Gasteiger partial charge on any atom is 0.331 e. The van der Waals surface area contributed by atoms with E-state index in [4.69, 9.17) is 4.74 Å². The van der Waals surface area contributed by atoms with E-state index in [1.54, 1.807) is 0 Å². The van der Waals surface area contributed by atoms with Crippen LogP contribution in [0.2, 0.25) is 0 Å². The molecule has 1 unspecified atom stereocenters. The van der Waals surface area contributed by atoms with E-state index in [1.165, 1.54) is 0 Å². The molecule has 0 aliphatic carbocycles. The van der Waals surface area contributed by atoms with Gasteiger partial charge in [-0.1, -0.05) is 35.0 Å². The lowest BCUT2D eigenvalue weighted by Gasteiger charge is -2.43. The average molecular weight is 355 g/mol. The number of hydrogen-bond donors (Lipinski definition) is 1. The molecule has 2 rings (SSSR count). The van der Waals surface area contributed by atoms with E-state index in [-0.39, 0.29) is 5.97 Å². The Labute approximate surface area is 135 Å². The number of nitrogens with one attached hydrogen (secondary N) is 1. The number of benzene rings is 1. The first kappa shape index (κ1) is 16.5. The van der Waals surface area contributed by atoms with Crippen molar-refractivity contribution in [2.24, 2.45) is 0 Å². The minimum atomic E-state index is -0.693. The Kier molecular flexibility index (Phi) is 5.79. The quantitative estimate of drug-likeness (QED) is 0.825. The van der Waals surface area contributed by atoms with E-state index in [1.807, 2.05) is 31.2 Å². The van der Waals surface area contributed by atoms with Gasteiger partial charge in [0.15, 0.2) is 0 Å². The van der Waals surface area contributed by atoms with Gasteiger partial charge in [0.25, 0.3) is 0 Å². The molecule has 5 heteroatoms. The third kappa shape index (κ3) is 3.30. The summed E-state index contributed by atoms with van der Waals surface area (Å²) in [5.41, 5.74) is 0.307. The number of esters is 1. The van der Waals surface area contributed by atoms with Crippen molar-refractivity contribution in [3.8, 4) is 0 Å². The monoisotopic (exact) mass is 354 g/mol. The zero-order valence-corrected chi connectivity index (χ0v) is 14.3. The fraction of sp³-hybridized carbons (Fsp3) is 0.562. The summed E-state index contributed by atoms with van der Waals surface area (Å²) in [5.74, 6) is -0.146. The van der Waals surface area contributed by atoms with Gasteiger partial charge in [-0.25, -0.2) is 4.79 Å². The Morgan fingerprint density at radius 1 is 1.38 bits per heavy atom. The van der Waals surface area contributed by atoms with Crippen molar-refractivity contribution in [3.63, 3.8) is 0 Å². The summed E-state index contributed by atoms with van der Waals surface area (Å²) in [4.78, 5) is 15.1. The van der Waals surface area contributed by atoms with Crippen molar-refractivity contribution in [3.05, 3.63) is 34.3 Å². The molecule has 0 amide bonds. The topological polar surface area (TPSA) is 41.6 Å². The summed E-state index contributed by atoms with van der Waals surface area (Å²) in [6, 6.07) is 8.01. The molecule has 4 nitrogen and oxygen atoms in total. The summed E-state index contributed by atoms with van der Waals surface area (Å²) in [7, 11) is 0. The molecule has 116 valence electrons. The van der Waals surface area contributed by atoms with Crippen LogP contribution in [0.15, 0.2) is 28.7 Å². The van der Waals surface area contributed by atoms with Crippen LogP contribution in [0.4, 0.5) is 0 Å². The summed E-state index contributed by atoms with van der Waals surface area (Å²) in [6.07, 6.45) is 0.697. The molecular weight excluding hydrogens is 332 g/mol. The van der Waals surface area contributed by atoms with E-state index in [2.05, 4.69) is 33.1 Å². The Bertz CT molecular complexity index is 489. The van der Waals surface area contributed by atoms with Gasteiger partial charge in [0, 0.05) is 30.7 Å². The third-order valence-corrected chi connectivity index (χ3v) is 4.58. The smallest absolute Gasteiger partial charge is 0.331 e. The normalized spacial score (nSPS) is 19.0. The van der Waals surface area contributed by atoms with Crippen molar-refractivity contribution in [1.29, 1.82) is 0 Å². The zero-order valence-electron chi connectivity index (χ0n) is 12.7. The predicted molar refractivity (Wildman–Crippen MR) is 87.2 cm³/mol. The molecule has 1 aliphatic rings. The van der Waals surface area contributed by atoms with Gasteiger partial charge in [0.1, 0.15) is 5.54 Å². The second-order valence-electron chi connectivity index (χ2n) is 5.18. The highest BCUT2D eigenvalue weighted by Gasteiger charge is 2.45. The Hall–Kier alpha value is -0.910. The fourth-order valence-corrected chi connectivity index (χ4v) is 3.44. The van der Waals surface area contributed by atoms with Gasteiger partial charge in [-0.3, -0.25) is 4.90 Å². The second-order valence-corrected chi connectivity index (χ2v) is 6.10. The lowest BCUT2D eigenvalue weighted by molar-refractivity contribution is -0.160. The molecule has 1 aromatic rings. The highest BCUT2D eigenvalue weighted by Crippen LogP contribution is 2.35. The first-order valence-corrected chi connectivity index (χ1v) is 8.33. The number of ether oxygens (including phenoxy) is 1. The number of nitrogens with zero attached hydrogens (tertiary/aromatic N) is 1. The molecule has 1 heterocycles. The van der Waals surface area contributed by atoms with E-state index in [9.17, 15) is 4.79 Å². The Balaban J connectivity index is 2.47. The Morgan fingerprint density at radius 2 is 2.10 bits per heavy atom. The van der Waals surface area contributed by atoms with Gasteiger partial charge in [-0.2, -0.15) is 0 Å². The Morgan fingerprint density at radius 3 is 2.67 bits per heavy atom. The second kappa shape index (κ2) is 7.38. The maximum absolute atomic E-state index is 12.8. The van der Waals surface area contributed by atoms with Crippen LogP contribution in [0.5, 0.6) is 0 Å². The van der Waals surface area contributed by atoms with Gasteiger partial charge in [0.2, 0.25) is 0 Å². The van der Waals surface area contributed by atoms with Gasteiger partial charge in [-0.15, -0.1) is 0 Å². The van der Waals surface area contributed by atoms with Crippen LogP contribution in [0, 0.1) is 0 Å². The van der Waals surface area contributed by atoms with Crippen molar-refractivity contribution in [1.82, 2.24) is 10.2 Å². The molecule has 1 aliphatic heterocycles. The van der Waals surface area contributed by atoms with Crippen molar-refractivity contribution >= 4 is 21.9 Å². The molecule has 0 radical (unpaired) electrons. The molecule has 21 heavy (non-hydrogen) atoms. The predicted octanol–water partition coefficient (Wildman–Crippen LogP) is 2.52. The van der Waals surface area contributed by atoms with E-state index >= 15 is 0 Å². The number of carbonyl (C=O) groups excluding carboxylic acids is 1. The van der Waals surface area contributed by atoms with Crippen LogP contribution in [0.1, 0.15) is 25.8 Å². The van der Waals surface area contributed by atoms with Crippen molar-refractivity contribution in [2.45, 2.75) is 25.8 Å². The van der Waals surface area contributed by atoms with Gasteiger partial charge < -0.3 is 10.1 Å². The van der Waals surface area contributed by atoms with Crippen LogP contribution >= 0.6 is 15.9 Å². The molecule has 1 N–H and O–H groups in total. The van der Waals surface area contributed by atoms with Gasteiger partial charge >= 0.3 is 5.97 Å². The van der Waals surface area contributed by atoms with Crippen molar-refractivity contribution in [2.75, 3.05) is 32.8 Å². The molecule has 0 aromatic heterocycles. The van der Waals surface area contributed by atoms with Crippen LogP contribution in [-0.2, 0) is 15.1 Å². The zero-order chi connectivity index (χ0) is 15.3. The van der Waals surface area contributed by atoms with Gasteiger partial charge in [0.05, 0.1) is 6.61 Å². The lowest BCUT2D eigenvalue weighted by atomic mass is 9.84. The van der Waals surface area contributed by atoms with E-state index < -0.39 is 5.54 Å². The summed E-state index contributed by atoms with van der Waals surface area (Å²) < 4.78 is 6.41. The molecule has 0 spiro atoms. The highest BCUT2D eigenvalue weighted by molar-refractivity contribution is 9.10.